The molecule has 0 fully saturated rings. The summed E-state index contributed by atoms with van der Waals surface area (Å²) in [5.74, 6) is 0. The first kappa shape index (κ1) is 11.4. The second-order valence-electron chi connectivity index (χ2n) is 5.42. The van der Waals surface area contributed by atoms with E-state index < -0.39 is 0 Å². The van der Waals surface area contributed by atoms with Crippen molar-refractivity contribution in [1.82, 2.24) is 9.97 Å². The fourth-order valence-corrected chi connectivity index (χ4v) is 2.98. The van der Waals surface area contributed by atoms with Gasteiger partial charge in [0.25, 0.3) is 0 Å². The molecular weight excluding hydrogens is 244 g/mol. The Morgan fingerprint density at radius 2 is 1.60 bits per heavy atom. The Labute approximate surface area is 117 Å². The molecule has 0 saturated carbocycles. The lowest BCUT2D eigenvalue weighted by molar-refractivity contribution is 1.40. The van der Waals surface area contributed by atoms with Crippen molar-refractivity contribution in [3.05, 3.63) is 59.8 Å². The van der Waals surface area contributed by atoms with Gasteiger partial charge in [-0.15, -0.1) is 0 Å². The zero-order chi connectivity index (χ0) is 13.7. The van der Waals surface area contributed by atoms with Crippen molar-refractivity contribution < 1.29 is 0 Å². The fourth-order valence-electron chi connectivity index (χ4n) is 2.98. The third-order valence-electron chi connectivity index (χ3n) is 4.08. The summed E-state index contributed by atoms with van der Waals surface area (Å²) in [6, 6.07) is 15.1. The maximum absolute atomic E-state index is 3.56. The first-order valence-corrected chi connectivity index (χ1v) is 6.89. The van der Waals surface area contributed by atoms with E-state index in [0.717, 1.165) is 0 Å². The molecule has 0 aliphatic carbocycles. The van der Waals surface area contributed by atoms with Crippen LogP contribution in [0.25, 0.3) is 33.1 Å². The number of H-pyrrole nitrogens is 2. The number of aromatic amines is 2. The largest absolute Gasteiger partial charge is 0.360 e. The third kappa shape index (κ3) is 1.51. The number of fused-ring (bicyclic) bond motifs is 2. The molecule has 0 amide bonds. The molecule has 4 rings (SSSR count). The van der Waals surface area contributed by atoms with Gasteiger partial charge in [-0.1, -0.05) is 36.4 Å². The summed E-state index contributed by atoms with van der Waals surface area (Å²) in [7, 11) is 0. The SMILES string of the molecule is Cc1cccc2cc(-c3c[nH]c4c(C)cccc34)[nH]c12. The van der Waals surface area contributed by atoms with Gasteiger partial charge in [0.15, 0.2) is 0 Å². The second kappa shape index (κ2) is 4.01. The number of aromatic nitrogens is 2. The lowest BCUT2D eigenvalue weighted by Crippen LogP contribution is -1.77. The van der Waals surface area contributed by atoms with Gasteiger partial charge in [0.2, 0.25) is 0 Å². The van der Waals surface area contributed by atoms with Gasteiger partial charge in [0.05, 0.1) is 0 Å². The summed E-state index contributed by atoms with van der Waals surface area (Å²) in [5.41, 5.74) is 7.42. The van der Waals surface area contributed by atoms with Gasteiger partial charge in [-0.3, -0.25) is 0 Å². The van der Waals surface area contributed by atoms with E-state index in [4.69, 9.17) is 0 Å². The van der Waals surface area contributed by atoms with Crippen molar-refractivity contribution in [2.24, 2.45) is 0 Å². The average Bonchev–Trinajstić information content (AvgIpc) is 3.03. The summed E-state index contributed by atoms with van der Waals surface area (Å²) >= 11 is 0. The minimum atomic E-state index is 1.17. The highest BCUT2D eigenvalue weighted by Gasteiger charge is 2.10. The quantitative estimate of drug-likeness (QED) is 0.486. The summed E-state index contributed by atoms with van der Waals surface area (Å²) in [6.07, 6.45) is 2.09. The number of rotatable bonds is 1. The van der Waals surface area contributed by atoms with Crippen molar-refractivity contribution >= 4 is 21.8 Å². The highest BCUT2D eigenvalue weighted by atomic mass is 14.7. The smallest absolute Gasteiger partial charge is 0.0490 e. The highest BCUT2D eigenvalue weighted by Crippen LogP contribution is 2.32. The van der Waals surface area contributed by atoms with E-state index in [-0.39, 0.29) is 0 Å². The zero-order valence-electron chi connectivity index (χ0n) is 11.6. The molecule has 0 unspecified atom stereocenters. The Hall–Kier alpha value is -2.48. The van der Waals surface area contributed by atoms with Gasteiger partial charge in [-0.05, 0) is 31.0 Å². The molecule has 0 aliphatic rings. The number of aryl methyl sites for hydroxylation is 2. The Morgan fingerprint density at radius 3 is 2.40 bits per heavy atom. The molecule has 2 heterocycles. The van der Waals surface area contributed by atoms with Gasteiger partial charge in [0.1, 0.15) is 0 Å². The topological polar surface area (TPSA) is 31.6 Å². The van der Waals surface area contributed by atoms with E-state index in [1.54, 1.807) is 0 Å². The molecule has 2 N–H and O–H groups in total. The third-order valence-corrected chi connectivity index (χ3v) is 4.08. The van der Waals surface area contributed by atoms with Crippen molar-refractivity contribution in [2.45, 2.75) is 13.8 Å². The average molecular weight is 260 g/mol. The van der Waals surface area contributed by atoms with Crippen LogP contribution in [0.2, 0.25) is 0 Å². The number of hydrogen-bond acceptors (Lipinski definition) is 0. The molecule has 0 aliphatic heterocycles. The number of hydrogen-bond donors (Lipinski definition) is 2. The van der Waals surface area contributed by atoms with Crippen molar-refractivity contribution in [2.75, 3.05) is 0 Å². The normalized spacial score (nSPS) is 11.5. The Bertz CT molecular complexity index is 925. The Morgan fingerprint density at radius 1 is 0.850 bits per heavy atom. The van der Waals surface area contributed by atoms with Crippen molar-refractivity contribution in [3.63, 3.8) is 0 Å². The van der Waals surface area contributed by atoms with Gasteiger partial charge < -0.3 is 9.97 Å². The van der Waals surface area contributed by atoms with Crippen LogP contribution in [0.15, 0.2) is 48.7 Å². The Kier molecular flexibility index (Phi) is 2.27. The molecule has 0 saturated heterocycles. The lowest BCUT2D eigenvalue weighted by atomic mass is 10.1. The zero-order valence-corrected chi connectivity index (χ0v) is 11.6. The van der Waals surface area contributed by atoms with Crippen molar-refractivity contribution in [1.29, 1.82) is 0 Å². The molecule has 20 heavy (non-hydrogen) atoms. The van der Waals surface area contributed by atoms with E-state index >= 15 is 0 Å². The van der Waals surface area contributed by atoms with Gasteiger partial charge in [-0.25, -0.2) is 0 Å². The van der Waals surface area contributed by atoms with Crippen LogP contribution >= 0.6 is 0 Å². The maximum Gasteiger partial charge on any atom is 0.0490 e. The maximum atomic E-state index is 3.56. The molecule has 2 aromatic carbocycles. The fraction of sp³-hybridized carbons (Fsp3) is 0.111. The highest BCUT2D eigenvalue weighted by molar-refractivity contribution is 5.99. The summed E-state index contributed by atoms with van der Waals surface area (Å²) in [4.78, 5) is 6.95. The van der Waals surface area contributed by atoms with Crippen LogP contribution < -0.4 is 0 Å². The van der Waals surface area contributed by atoms with Crippen LogP contribution in [0, 0.1) is 13.8 Å². The minimum Gasteiger partial charge on any atom is -0.360 e. The van der Waals surface area contributed by atoms with Crippen LogP contribution in [0.3, 0.4) is 0 Å². The predicted molar refractivity (Wildman–Crippen MR) is 85.1 cm³/mol. The molecule has 2 aromatic heterocycles. The standard InChI is InChI=1S/C18H16N2/c1-11-5-3-7-13-9-16(20-17(11)13)15-10-19-18-12(2)6-4-8-14(15)18/h3-10,19-20H,1-2H3. The molecule has 2 heteroatoms. The predicted octanol–water partition coefficient (Wildman–Crippen LogP) is 4.93. The van der Waals surface area contributed by atoms with Crippen molar-refractivity contribution in [3.8, 4) is 11.3 Å². The van der Waals surface area contributed by atoms with E-state index in [9.17, 15) is 0 Å². The molecular formula is C18H16N2. The molecule has 2 nitrogen and oxygen atoms in total. The van der Waals surface area contributed by atoms with E-state index in [0.29, 0.717) is 0 Å². The number of benzene rings is 2. The summed E-state index contributed by atoms with van der Waals surface area (Å²) in [5, 5.41) is 2.54. The van der Waals surface area contributed by atoms with Gasteiger partial charge in [0, 0.05) is 39.3 Å². The molecule has 98 valence electrons. The summed E-state index contributed by atoms with van der Waals surface area (Å²) in [6.45, 7) is 4.28. The number of nitrogens with one attached hydrogen (secondary N) is 2. The Balaban J connectivity index is 2.02. The van der Waals surface area contributed by atoms with Crippen LogP contribution in [-0.2, 0) is 0 Å². The van der Waals surface area contributed by atoms with E-state index in [2.05, 4.69) is 72.5 Å². The summed E-state index contributed by atoms with van der Waals surface area (Å²) < 4.78 is 0. The molecule has 0 radical (unpaired) electrons. The van der Waals surface area contributed by atoms with Gasteiger partial charge in [-0.2, -0.15) is 0 Å². The first-order valence-electron chi connectivity index (χ1n) is 6.89. The van der Waals surface area contributed by atoms with Gasteiger partial charge >= 0.3 is 0 Å². The van der Waals surface area contributed by atoms with Crippen LogP contribution in [0.4, 0.5) is 0 Å². The monoisotopic (exact) mass is 260 g/mol. The number of para-hydroxylation sites is 2. The molecule has 0 spiro atoms. The van der Waals surface area contributed by atoms with Crippen LogP contribution in [-0.4, -0.2) is 9.97 Å². The van der Waals surface area contributed by atoms with E-state index in [1.807, 2.05) is 0 Å². The first-order chi connectivity index (χ1) is 9.74. The molecule has 0 atom stereocenters. The van der Waals surface area contributed by atoms with Crippen LogP contribution in [0.5, 0.6) is 0 Å². The molecule has 4 aromatic rings. The lowest BCUT2D eigenvalue weighted by Gasteiger charge is -1.98. The second-order valence-corrected chi connectivity index (χ2v) is 5.42. The van der Waals surface area contributed by atoms with Crippen LogP contribution in [0.1, 0.15) is 11.1 Å². The minimum absolute atomic E-state index is 1.17. The molecule has 0 bridgehead atoms. The van der Waals surface area contributed by atoms with E-state index in [1.165, 1.54) is 44.2 Å².